The zero-order valence-corrected chi connectivity index (χ0v) is 13.1. The summed E-state index contributed by atoms with van der Waals surface area (Å²) in [5.41, 5.74) is 5.09. The summed E-state index contributed by atoms with van der Waals surface area (Å²) in [5.74, 6) is 0. The van der Waals surface area contributed by atoms with Gasteiger partial charge in [-0.3, -0.25) is 0 Å². The number of nitrogens with one attached hydrogen (secondary N) is 1. The Morgan fingerprint density at radius 3 is 2.58 bits per heavy atom. The van der Waals surface area contributed by atoms with Crippen LogP contribution in [0.4, 0.5) is 0 Å². The monoisotopic (exact) mass is 259 g/mol. The lowest BCUT2D eigenvalue weighted by atomic mass is 9.86. The van der Waals surface area contributed by atoms with Gasteiger partial charge in [-0.1, -0.05) is 45.9 Å². The van der Waals surface area contributed by atoms with Crippen LogP contribution in [0.2, 0.25) is 0 Å². The SMILES string of the molecule is CCNC(CCC(C)(C)C)c1ccc2c(c1)CCC2. The van der Waals surface area contributed by atoms with E-state index in [0.29, 0.717) is 11.5 Å². The molecule has 0 aromatic heterocycles. The number of hydrogen-bond acceptors (Lipinski definition) is 1. The Kier molecular flexibility index (Phi) is 4.67. The third-order valence-corrected chi connectivity index (χ3v) is 4.16. The van der Waals surface area contributed by atoms with Crippen molar-refractivity contribution in [2.24, 2.45) is 5.41 Å². The standard InChI is InChI=1S/C18H29N/c1-5-19-17(11-12-18(2,3)4)16-10-9-14-7-6-8-15(14)13-16/h9-10,13,17,19H,5-8,11-12H2,1-4H3. The maximum atomic E-state index is 3.66. The topological polar surface area (TPSA) is 12.0 Å². The minimum atomic E-state index is 0.421. The molecule has 1 aromatic rings. The van der Waals surface area contributed by atoms with Gasteiger partial charge in [0.1, 0.15) is 0 Å². The molecule has 1 N–H and O–H groups in total. The quantitative estimate of drug-likeness (QED) is 0.811. The van der Waals surface area contributed by atoms with E-state index in [4.69, 9.17) is 0 Å². The maximum Gasteiger partial charge on any atom is 0.0320 e. The van der Waals surface area contributed by atoms with Crippen LogP contribution in [0, 0.1) is 5.41 Å². The summed E-state index contributed by atoms with van der Waals surface area (Å²) in [6, 6.07) is 7.69. The third-order valence-electron chi connectivity index (χ3n) is 4.16. The summed E-state index contributed by atoms with van der Waals surface area (Å²) < 4.78 is 0. The molecule has 0 saturated carbocycles. The fourth-order valence-electron chi connectivity index (χ4n) is 3.02. The summed E-state index contributed by atoms with van der Waals surface area (Å²) in [7, 11) is 0. The number of aryl methyl sites for hydroxylation is 2. The predicted octanol–water partition coefficient (Wildman–Crippen LogP) is 4.65. The predicted molar refractivity (Wildman–Crippen MR) is 83.6 cm³/mol. The largest absolute Gasteiger partial charge is 0.310 e. The van der Waals surface area contributed by atoms with Crippen LogP contribution < -0.4 is 5.32 Å². The summed E-state index contributed by atoms with van der Waals surface area (Å²) in [6.07, 6.45) is 6.40. The Morgan fingerprint density at radius 1 is 1.16 bits per heavy atom. The van der Waals surface area contributed by atoms with Crippen LogP contribution in [0.1, 0.15) is 69.7 Å². The molecule has 1 aromatic carbocycles. The van der Waals surface area contributed by atoms with Gasteiger partial charge in [0.05, 0.1) is 0 Å². The van der Waals surface area contributed by atoms with Gasteiger partial charge >= 0.3 is 0 Å². The average molecular weight is 259 g/mol. The van der Waals surface area contributed by atoms with Crippen molar-refractivity contribution in [2.75, 3.05) is 6.54 Å². The molecule has 1 aliphatic carbocycles. The van der Waals surface area contributed by atoms with E-state index in [2.05, 4.69) is 51.2 Å². The summed E-state index contributed by atoms with van der Waals surface area (Å²) in [5, 5.41) is 3.66. The second kappa shape index (κ2) is 6.09. The highest BCUT2D eigenvalue weighted by molar-refractivity contribution is 5.36. The van der Waals surface area contributed by atoms with Gasteiger partial charge in [0.25, 0.3) is 0 Å². The molecule has 1 nitrogen and oxygen atoms in total. The average Bonchev–Trinajstić information content (AvgIpc) is 2.80. The number of benzene rings is 1. The van der Waals surface area contributed by atoms with Gasteiger partial charge in [-0.25, -0.2) is 0 Å². The molecular formula is C18H29N. The van der Waals surface area contributed by atoms with E-state index in [1.54, 1.807) is 11.1 Å². The van der Waals surface area contributed by atoms with Crippen molar-refractivity contribution >= 4 is 0 Å². The van der Waals surface area contributed by atoms with Crippen LogP contribution in [0.15, 0.2) is 18.2 Å². The molecule has 106 valence electrons. The Morgan fingerprint density at radius 2 is 1.89 bits per heavy atom. The molecule has 0 fully saturated rings. The fourth-order valence-corrected chi connectivity index (χ4v) is 3.02. The van der Waals surface area contributed by atoms with Crippen molar-refractivity contribution in [2.45, 2.75) is 65.8 Å². The first-order valence-electron chi connectivity index (χ1n) is 7.84. The molecular weight excluding hydrogens is 230 g/mol. The normalized spacial score (nSPS) is 16.4. The molecule has 0 bridgehead atoms. The molecule has 0 aliphatic heterocycles. The molecule has 1 atom stereocenters. The van der Waals surface area contributed by atoms with Crippen LogP contribution >= 0.6 is 0 Å². The Bertz CT molecular complexity index is 414. The molecule has 0 spiro atoms. The first kappa shape index (κ1) is 14.6. The molecule has 2 rings (SSSR count). The molecule has 1 unspecified atom stereocenters. The van der Waals surface area contributed by atoms with Crippen molar-refractivity contribution in [1.82, 2.24) is 5.32 Å². The molecule has 0 amide bonds. The van der Waals surface area contributed by atoms with Crippen molar-refractivity contribution in [3.63, 3.8) is 0 Å². The smallest absolute Gasteiger partial charge is 0.0320 e. The molecule has 0 radical (unpaired) electrons. The van der Waals surface area contributed by atoms with Crippen molar-refractivity contribution in [3.05, 3.63) is 34.9 Å². The number of hydrogen-bond donors (Lipinski definition) is 1. The van der Waals surface area contributed by atoms with E-state index in [-0.39, 0.29) is 0 Å². The van der Waals surface area contributed by atoms with E-state index in [0.717, 1.165) is 6.54 Å². The first-order chi connectivity index (χ1) is 8.99. The van der Waals surface area contributed by atoms with Gasteiger partial charge in [0.2, 0.25) is 0 Å². The minimum Gasteiger partial charge on any atom is -0.310 e. The van der Waals surface area contributed by atoms with Crippen LogP contribution in [0.5, 0.6) is 0 Å². The van der Waals surface area contributed by atoms with Gasteiger partial charge < -0.3 is 5.32 Å². The van der Waals surface area contributed by atoms with Gasteiger partial charge in [-0.05, 0) is 60.8 Å². The van der Waals surface area contributed by atoms with Crippen LogP contribution in [0.25, 0.3) is 0 Å². The Hall–Kier alpha value is -0.820. The molecule has 0 heterocycles. The van der Waals surface area contributed by atoms with Gasteiger partial charge in [0.15, 0.2) is 0 Å². The van der Waals surface area contributed by atoms with Gasteiger partial charge in [-0.2, -0.15) is 0 Å². The lowest BCUT2D eigenvalue weighted by molar-refractivity contribution is 0.334. The van der Waals surface area contributed by atoms with E-state index in [9.17, 15) is 0 Å². The molecule has 1 aliphatic rings. The van der Waals surface area contributed by atoms with E-state index in [1.807, 2.05) is 0 Å². The van der Waals surface area contributed by atoms with Crippen LogP contribution in [-0.4, -0.2) is 6.54 Å². The van der Waals surface area contributed by atoms with Gasteiger partial charge in [-0.15, -0.1) is 0 Å². The Labute approximate surface area is 118 Å². The van der Waals surface area contributed by atoms with Crippen LogP contribution in [-0.2, 0) is 12.8 Å². The second-order valence-electron chi connectivity index (χ2n) is 7.09. The Balaban J connectivity index is 2.10. The maximum absolute atomic E-state index is 3.66. The summed E-state index contributed by atoms with van der Waals surface area (Å²) >= 11 is 0. The third kappa shape index (κ3) is 4.07. The highest BCUT2D eigenvalue weighted by Gasteiger charge is 2.18. The highest BCUT2D eigenvalue weighted by atomic mass is 14.9. The zero-order valence-electron chi connectivity index (χ0n) is 13.1. The van der Waals surface area contributed by atoms with Gasteiger partial charge in [0, 0.05) is 6.04 Å². The van der Waals surface area contributed by atoms with Crippen molar-refractivity contribution in [1.29, 1.82) is 0 Å². The molecule has 1 heteroatoms. The van der Waals surface area contributed by atoms with E-state index >= 15 is 0 Å². The highest BCUT2D eigenvalue weighted by Crippen LogP contribution is 2.30. The second-order valence-corrected chi connectivity index (χ2v) is 7.09. The summed E-state index contributed by atoms with van der Waals surface area (Å²) in [6.45, 7) is 10.2. The van der Waals surface area contributed by atoms with E-state index < -0.39 is 0 Å². The fraction of sp³-hybridized carbons (Fsp3) is 0.667. The minimum absolute atomic E-state index is 0.421. The zero-order chi connectivity index (χ0) is 13.9. The number of rotatable bonds is 5. The first-order valence-corrected chi connectivity index (χ1v) is 7.84. The van der Waals surface area contributed by atoms with Crippen molar-refractivity contribution in [3.8, 4) is 0 Å². The van der Waals surface area contributed by atoms with Crippen LogP contribution in [0.3, 0.4) is 0 Å². The van der Waals surface area contributed by atoms with Crippen molar-refractivity contribution < 1.29 is 0 Å². The molecule has 0 saturated heterocycles. The lowest BCUT2D eigenvalue weighted by Crippen LogP contribution is -2.22. The summed E-state index contributed by atoms with van der Waals surface area (Å²) in [4.78, 5) is 0. The molecule has 19 heavy (non-hydrogen) atoms. The lowest BCUT2D eigenvalue weighted by Gasteiger charge is -2.24. The van der Waals surface area contributed by atoms with E-state index in [1.165, 1.54) is 37.7 Å². The number of fused-ring (bicyclic) bond motifs is 1.